The molecule has 0 atom stereocenters. The van der Waals surface area contributed by atoms with Crippen LogP contribution in [0.3, 0.4) is 0 Å². The minimum Gasteiger partial charge on any atom is -0.493 e. The van der Waals surface area contributed by atoms with Crippen LogP contribution in [0.15, 0.2) is 66.0 Å². The quantitative estimate of drug-likeness (QED) is 0.428. The number of fused-ring (bicyclic) bond motifs is 1. The predicted octanol–water partition coefficient (Wildman–Crippen LogP) is 4.81. The number of aromatic nitrogens is 2. The predicted molar refractivity (Wildman–Crippen MR) is 117 cm³/mol. The number of ether oxygens (including phenoxy) is 1. The maximum atomic E-state index is 12.3. The number of nitrogens with one attached hydrogen (secondary N) is 1. The first kappa shape index (κ1) is 19.2. The highest BCUT2D eigenvalue weighted by molar-refractivity contribution is 7.12. The Bertz CT molecular complexity index is 1100. The minimum atomic E-state index is -0.0681. The van der Waals surface area contributed by atoms with Crippen molar-refractivity contribution < 1.29 is 9.53 Å². The zero-order valence-electron chi connectivity index (χ0n) is 16.3. The van der Waals surface area contributed by atoms with Crippen LogP contribution in [0.1, 0.15) is 27.5 Å². The first-order chi connectivity index (χ1) is 14.2. The van der Waals surface area contributed by atoms with Gasteiger partial charge in [0.05, 0.1) is 29.1 Å². The van der Waals surface area contributed by atoms with Crippen molar-refractivity contribution in [1.82, 2.24) is 14.9 Å². The summed E-state index contributed by atoms with van der Waals surface area (Å²) < 4.78 is 8.10. The Labute approximate surface area is 174 Å². The third kappa shape index (κ3) is 4.49. The molecule has 0 spiro atoms. The van der Waals surface area contributed by atoms with E-state index in [9.17, 15) is 4.79 Å². The molecule has 4 aromatic rings. The number of nitrogens with zero attached hydrogens (tertiary/aromatic N) is 2. The van der Waals surface area contributed by atoms with Gasteiger partial charge in [-0.05, 0) is 48.6 Å². The minimum absolute atomic E-state index is 0.0681. The van der Waals surface area contributed by atoms with Gasteiger partial charge < -0.3 is 14.6 Å². The maximum absolute atomic E-state index is 12.3. The van der Waals surface area contributed by atoms with Crippen LogP contribution in [0.25, 0.3) is 11.0 Å². The Morgan fingerprint density at radius 3 is 2.76 bits per heavy atom. The molecule has 5 nitrogen and oxygen atoms in total. The van der Waals surface area contributed by atoms with Crippen molar-refractivity contribution in [2.24, 2.45) is 0 Å². The summed E-state index contributed by atoms with van der Waals surface area (Å²) in [6.45, 7) is 3.84. The van der Waals surface area contributed by atoms with Gasteiger partial charge in [0.25, 0.3) is 5.91 Å². The van der Waals surface area contributed by atoms with Crippen molar-refractivity contribution in [3.8, 4) is 5.75 Å². The van der Waals surface area contributed by atoms with E-state index in [4.69, 9.17) is 9.72 Å². The molecule has 0 unspecified atom stereocenters. The maximum Gasteiger partial charge on any atom is 0.261 e. The molecule has 2 aromatic heterocycles. The molecule has 6 heteroatoms. The van der Waals surface area contributed by atoms with E-state index in [0.29, 0.717) is 18.0 Å². The Morgan fingerprint density at radius 2 is 1.93 bits per heavy atom. The van der Waals surface area contributed by atoms with Gasteiger partial charge in [-0.25, -0.2) is 4.98 Å². The average molecular weight is 406 g/mol. The van der Waals surface area contributed by atoms with Crippen LogP contribution in [0, 0.1) is 6.92 Å². The van der Waals surface area contributed by atoms with E-state index < -0.39 is 0 Å². The summed E-state index contributed by atoms with van der Waals surface area (Å²) in [5.74, 6) is 1.71. The van der Waals surface area contributed by atoms with E-state index >= 15 is 0 Å². The standard InChI is InChI=1S/C23H23N3O2S/c1-17-8-2-5-11-20(17)28-14-7-13-26-19-10-4-3-9-18(19)25-22(26)16-24-23(27)21-12-6-15-29-21/h2-6,8-12,15H,7,13-14,16H2,1H3,(H,24,27). The second-order valence-corrected chi connectivity index (χ2v) is 7.74. The fraction of sp³-hybridized carbons (Fsp3) is 0.217. The number of amides is 1. The SMILES string of the molecule is Cc1ccccc1OCCCn1c(CNC(=O)c2cccs2)nc2ccccc21. The zero-order chi connectivity index (χ0) is 20.1. The van der Waals surface area contributed by atoms with Gasteiger partial charge in [0.1, 0.15) is 11.6 Å². The molecule has 0 aliphatic rings. The van der Waals surface area contributed by atoms with E-state index in [1.807, 2.05) is 66.9 Å². The molecule has 1 amide bonds. The summed E-state index contributed by atoms with van der Waals surface area (Å²) >= 11 is 1.44. The molecule has 1 N–H and O–H groups in total. The first-order valence-corrected chi connectivity index (χ1v) is 10.5. The van der Waals surface area contributed by atoms with Crippen LogP contribution in [0.2, 0.25) is 0 Å². The van der Waals surface area contributed by atoms with Crippen molar-refractivity contribution in [3.63, 3.8) is 0 Å². The fourth-order valence-electron chi connectivity index (χ4n) is 3.29. The van der Waals surface area contributed by atoms with Gasteiger partial charge in [0.15, 0.2) is 0 Å². The second kappa shape index (κ2) is 8.92. The lowest BCUT2D eigenvalue weighted by Crippen LogP contribution is -2.24. The number of hydrogen-bond donors (Lipinski definition) is 1. The topological polar surface area (TPSA) is 56.1 Å². The Kier molecular flexibility index (Phi) is 5.91. The second-order valence-electron chi connectivity index (χ2n) is 6.80. The first-order valence-electron chi connectivity index (χ1n) is 9.66. The fourth-order valence-corrected chi connectivity index (χ4v) is 3.93. The number of thiophene rings is 1. The monoisotopic (exact) mass is 405 g/mol. The number of hydrogen-bond acceptors (Lipinski definition) is 4. The Balaban J connectivity index is 1.43. The number of benzene rings is 2. The summed E-state index contributed by atoms with van der Waals surface area (Å²) in [5, 5.41) is 4.88. The lowest BCUT2D eigenvalue weighted by atomic mass is 10.2. The smallest absolute Gasteiger partial charge is 0.261 e. The molecule has 0 saturated carbocycles. The zero-order valence-corrected chi connectivity index (χ0v) is 17.1. The highest BCUT2D eigenvalue weighted by atomic mass is 32.1. The molecule has 4 rings (SSSR count). The largest absolute Gasteiger partial charge is 0.493 e. The van der Waals surface area contributed by atoms with Crippen molar-refractivity contribution in [1.29, 1.82) is 0 Å². The van der Waals surface area contributed by atoms with Crippen molar-refractivity contribution >= 4 is 28.3 Å². The Morgan fingerprint density at radius 1 is 1.10 bits per heavy atom. The van der Waals surface area contributed by atoms with Crippen LogP contribution in [0.5, 0.6) is 5.75 Å². The number of imidazole rings is 1. The highest BCUT2D eigenvalue weighted by Crippen LogP contribution is 2.19. The van der Waals surface area contributed by atoms with E-state index in [1.165, 1.54) is 11.3 Å². The third-order valence-corrected chi connectivity index (χ3v) is 5.63. The molecule has 0 aliphatic heterocycles. The van der Waals surface area contributed by atoms with Gasteiger partial charge in [0, 0.05) is 6.54 Å². The molecule has 2 aromatic carbocycles. The molecule has 0 radical (unpaired) electrons. The molecule has 0 fully saturated rings. The Hall–Kier alpha value is -3.12. The molecule has 148 valence electrons. The molecule has 0 saturated heterocycles. The molecular formula is C23H23N3O2S. The summed E-state index contributed by atoms with van der Waals surface area (Å²) in [6.07, 6.45) is 0.848. The van der Waals surface area contributed by atoms with E-state index in [1.54, 1.807) is 0 Å². The van der Waals surface area contributed by atoms with Crippen LogP contribution in [0.4, 0.5) is 0 Å². The van der Waals surface area contributed by atoms with Gasteiger partial charge in [0.2, 0.25) is 0 Å². The van der Waals surface area contributed by atoms with E-state index in [0.717, 1.165) is 41.1 Å². The average Bonchev–Trinajstić information content (AvgIpc) is 3.39. The molecule has 0 bridgehead atoms. The van der Waals surface area contributed by atoms with E-state index in [2.05, 4.69) is 16.0 Å². The molecular weight excluding hydrogens is 382 g/mol. The van der Waals surface area contributed by atoms with Crippen molar-refractivity contribution in [3.05, 3.63) is 82.3 Å². The van der Waals surface area contributed by atoms with Gasteiger partial charge in [-0.2, -0.15) is 0 Å². The van der Waals surface area contributed by atoms with Crippen LogP contribution in [-0.2, 0) is 13.1 Å². The number of rotatable bonds is 8. The lowest BCUT2D eigenvalue weighted by molar-refractivity contribution is 0.0953. The van der Waals surface area contributed by atoms with Gasteiger partial charge in [-0.1, -0.05) is 36.4 Å². The van der Waals surface area contributed by atoms with Crippen LogP contribution >= 0.6 is 11.3 Å². The summed E-state index contributed by atoms with van der Waals surface area (Å²) in [7, 11) is 0. The van der Waals surface area contributed by atoms with Gasteiger partial charge >= 0.3 is 0 Å². The summed E-state index contributed by atoms with van der Waals surface area (Å²) in [5.41, 5.74) is 3.15. The van der Waals surface area contributed by atoms with Crippen molar-refractivity contribution in [2.75, 3.05) is 6.61 Å². The number of aryl methyl sites for hydroxylation is 2. The summed E-state index contributed by atoms with van der Waals surface area (Å²) in [4.78, 5) is 17.7. The van der Waals surface area contributed by atoms with Gasteiger partial charge in [-0.15, -0.1) is 11.3 Å². The normalized spacial score (nSPS) is 10.9. The number of para-hydroxylation sites is 3. The molecule has 29 heavy (non-hydrogen) atoms. The molecule has 2 heterocycles. The molecule has 0 aliphatic carbocycles. The van der Waals surface area contributed by atoms with E-state index in [-0.39, 0.29) is 5.91 Å². The lowest BCUT2D eigenvalue weighted by Gasteiger charge is -2.12. The summed E-state index contributed by atoms with van der Waals surface area (Å²) in [6, 6.07) is 19.8. The number of carbonyl (C=O) groups excluding carboxylic acids is 1. The third-order valence-electron chi connectivity index (χ3n) is 4.76. The van der Waals surface area contributed by atoms with Gasteiger partial charge in [-0.3, -0.25) is 4.79 Å². The highest BCUT2D eigenvalue weighted by Gasteiger charge is 2.13. The van der Waals surface area contributed by atoms with Crippen LogP contribution < -0.4 is 10.1 Å². The van der Waals surface area contributed by atoms with Crippen LogP contribution in [-0.4, -0.2) is 22.1 Å². The number of carbonyl (C=O) groups is 1. The van der Waals surface area contributed by atoms with Crippen molar-refractivity contribution in [2.45, 2.75) is 26.4 Å².